The van der Waals surface area contributed by atoms with Crippen molar-refractivity contribution in [1.29, 1.82) is 0 Å². The van der Waals surface area contributed by atoms with Crippen LogP contribution in [0.3, 0.4) is 0 Å². The summed E-state index contributed by atoms with van der Waals surface area (Å²) >= 11 is 0. The third-order valence-electron chi connectivity index (χ3n) is 3.92. The van der Waals surface area contributed by atoms with Crippen LogP contribution in [0.5, 0.6) is 0 Å². The van der Waals surface area contributed by atoms with Crippen molar-refractivity contribution >= 4 is 0 Å². The van der Waals surface area contributed by atoms with Crippen LogP contribution >= 0.6 is 0 Å². The number of aliphatic hydroxyl groups is 1. The maximum Gasteiger partial charge on any atom is 0.0613 e. The second-order valence-electron chi connectivity index (χ2n) is 5.51. The summed E-state index contributed by atoms with van der Waals surface area (Å²) in [5, 5.41) is 13.1. The predicted octanol–water partition coefficient (Wildman–Crippen LogP) is 2.33. The van der Waals surface area contributed by atoms with Crippen molar-refractivity contribution in [2.45, 2.75) is 57.9 Å². The molecule has 102 valence electrons. The minimum atomic E-state index is -0.0272. The predicted molar refractivity (Wildman–Crippen MR) is 71.2 cm³/mol. The molecule has 0 saturated heterocycles. The van der Waals surface area contributed by atoms with Gasteiger partial charge in [0.15, 0.2) is 0 Å². The van der Waals surface area contributed by atoms with Gasteiger partial charge in [-0.25, -0.2) is 0 Å². The quantitative estimate of drug-likeness (QED) is 0.643. The minimum absolute atomic E-state index is 0.0272. The zero-order valence-electron chi connectivity index (χ0n) is 11.5. The maximum absolute atomic E-state index is 9.57. The van der Waals surface area contributed by atoms with Crippen LogP contribution in [-0.2, 0) is 4.74 Å². The molecule has 3 heteroatoms. The van der Waals surface area contributed by atoms with Crippen LogP contribution in [0.25, 0.3) is 0 Å². The summed E-state index contributed by atoms with van der Waals surface area (Å²) in [6, 6.07) is 0. The van der Waals surface area contributed by atoms with E-state index in [1.807, 2.05) is 0 Å². The van der Waals surface area contributed by atoms with Gasteiger partial charge in [0.05, 0.1) is 13.2 Å². The zero-order valence-corrected chi connectivity index (χ0v) is 11.5. The monoisotopic (exact) mass is 243 g/mol. The first kappa shape index (κ1) is 14.9. The molecule has 17 heavy (non-hydrogen) atoms. The Morgan fingerprint density at radius 1 is 1.29 bits per heavy atom. The first-order valence-corrected chi connectivity index (χ1v) is 7.16. The molecule has 1 rings (SSSR count). The van der Waals surface area contributed by atoms with E-state index in [-0.39, 0.29) is 12.1 Å². The van der Waals surface area contributed by atoms with Crippen molar-refractivity contribution in [3.05, 3.63) is 0 Å². The van der Waals surface area contributed by atoms with Gasteiger partial charge in [-0.1, -0.05) is 20.3 Å². The lowest BCUT2D eigenvalue weighted by atomic mass is 9.77. The molecule has 1 fully saturated rings. The van der Waals surface area contributed by atoms with Crippen LogP contribution < -0.4 is 5.32 Å². The molecule has 0 amide bonds. The Kier molecular flexibility index (Phi) is 7.09. The Morgan fingerprint density at radius 3 is 2.59 bits per heavy atom. The van der Waals surface area contributed by atoms with E-state index in [1.165, 1.54) is 19.3 Å². The lowest BCUT2D eigenvalue weighted by Crippen LogP contribution is -2.51. The van der Waals surface area contributed by atoms with Gasteiger partial charge in [-0.05, 0) is 38.0 Å². The summed E-state index contributed by atoms with van der Waals surface area (Å²) in [7, 11) is 0. The summed E-state index contributed by atoms with van der Waals surface area (Å²) < 4.78 is 5.53. The Bertz CT molecular complexity index is 189. The molecule has 0 aromatic rings. The fraction of sp³-hybridized carbons (Fsp3) is 1.00. The van der Waals surface area contributed by atoms with Gasteiger partial charge in [-0.2, -0.15) is 0 Å². The van der Waals surface area contributed by atoms with Gasteiger partial charge in [0, 0.05) is 18.7 Å². The molecule has 2 N–H and O–H groups in total. The van der Waals surface area contributed by atoms with Crippen LogP contribution in [-0.4, -0.2) is 37.0 Å². The second-order valence-corrected chi connectivity index (χ2v) is 5.51. The van der Waals surface area contributed by atoms with E-state index in [9.17, 15) is 5.11 Å². The van der Waals surface area contributed by atoms with Crippen LogP contribution in [0, 0.1) is 5.92 Å². The molecular formula is C14H29NO2. The van der Waals surface area contributed by atoms with Crippen molar-refractivity contribution in [2.75, 3.05) is 26.4 Å². The molecule has 0 aromatic carbocycles. The largest absolute Gasteiger partial charge is 0.394 e. The van der Waals surface area contributed by atoms with Crippen molar-refractivity contribution in [2.24, 2.45) is 5.92 Å². The SMILES string of the molecule is CCCCOCCNC1(CO)CCC(C)CC1. The van der Waals surface area contributed by atoms with E-state index in [0.717, 1.165) is 44.9 Å². The summed E-state index contributed by atoms with van der Waals surface area (Å²) in [6.07, 6.45) is 6.97. The molecule has 3 nitrogen and oxygen atoms in total. The van der Waals surface area contributed by atoms with E-state index < -0.39 is 0 Å². The molecule has 0 heterocycles. The van der Waals surface area contributed by atoms with E-state index in [2.05, 4.69) is 19.2 Å². The smallest absolute Gasteiger partial charge is 0.0613 e. The van der Waals surface area contributed by atoms with Crippen LogP contribution in [0.2, 0.25) is 0 Å². The van der Waals surface area contributed by atoms with Crippen LogP contribution in [0.15, 0.2) is 0 Å². The molecule has 1 aliphatic carbocycles. The molecule has 0 atom stereocenters. The van der Waals surface area contributed by atoms with Crippen molar-refractivity contribution in [3.8, 4) is 0 Å². The fourth-order valence-corrected chi connectivity index (χ4v) is 2.44. The Morgan fingerprint density at radius 2 is 2.00 bits per heavy atom. The third-order valence-corrected chi connectivity index (χ3v) is 3.92. The highest BCUT2D eigenvalue weighted by molar-refractivity contribution is 4.91. The minimum Gasteiger partial charge on any atom is -0.394 e. The van der Waals surface area contributed by atoms with Crippen molar-refractivity contribution in [1.82, 2.24) is 5.32 Å². The lowest BCUT2D eigenvalue weighted by molar-refractivity contribution is 0.0832. The Labute approximate surface area is 106 Å². The number of hydrogen-bond acceptors (Lipinski definition) is 3. The first-order chi connectivity index (χ1) is 8.22. The maximum atomic E-state index is 9.57. The molecule has 0 aromatic heterocycles. The van der Waals surface area contributed by atoms with E-state index in [0.29, 0.717) is 0 Å². The number of rotatable bonds is 8. The van der Waals surface area contributed by atoms with E-state index in [4.69, 9.17) is 4.74 Å². The number of nitrogens with one attached hydrogen (secondary N) is 1. The van der Waals surface area contributed by atoms with Gasteiger partial charge < -0.3 is 15.2 Å². The van der Waals surface area contributed by atoms with Gasteiger partial charge in [0.25, 0.3) is 0 Å². The molecule has 0 aliphatic heterocycles. The van der Waals surface area contributed by atoms with Crippen molar-refractivity contribution in [3.63, 3.8) is 0 Å². The highest BCUT2D eigenvalue weighted by Crippen LogP contribution is 2.31. The van der Waals surface area contributed by atoms with E-state index in [1.54, 1.807) is 0 Å². The lowest BCUT2D eigenvalue weighted by Gasteiger charge is -2.39. The Hall–Kier alpha value is -0.120. The summed E-state index contributed by atoms with van der Waals surface area (Å²) in [5.41, 5.74) is -0.0272. The van der Waals surface area contributed by atoms with Gasteiger partial charge in [0.1, 0.15) is 0 Å². The third kappa shape index (κ3) is 5.36. The van der Waals surface area contributed by atoms with Gasteiger partial charge in [-0.3, -0.25) is 0 Å². The number of ether oxygens (including phenoxy) is 1. The average molecular weight is 243 g/mol. The number of hydrogen-bond donors (Lipinski definition) is 2. The van der Waals surface area contributed by atoms with Crippen molar-refractivity contribution < 1.29 is 9.84 Å². The highest BCUT2D eigenvalue weighted by Gasteiger charge is 2.32. The van der Waals surface area contributed by atoms with Gasteiger partial charge in [-0.15, -0.1) is 0 Å². The molecular weight excluding hydrogens is 214 g/mol. The average Bonchev–Trinajstić information content (AvgIpc) is 2.36. The summed E-state index contributed by atoms with van der Waals surface area (Å²) in [4.78, 5) is 0. The molecule has 1 saturated carbocycles. The summed E-state index contributed by atoms with van der Waals surface area (Å²) in [5.74, 6) is 0.817. The molecule has 0 radical (unpaired) electrons. The number of aliphatic hydroxyl groups excluding tert-OH is 1. The molecule has 0 unspecified atom stereocenters. The van der Waals surface area contributed by atoms with Crippen LogP contribution in [0.4, 0.5) is 0 Å². The standard InChI is InChI=1S/C14H29NO2/c1-3-4-10-17-11-9-15-14(12-16)7-5-13(2)6-8-14/h13,15-16H,3-12H2,1-2H3. The zero-order chi connectivity index (χ0) is 12.6. The molecule has 1 aliphatic rings. The number of unbranched alkanes of at least 4 members (excludes halogenated alkanes) is 1. The Balaban J connectivity index is 2.14. The molecule has 0 bridgehead atoms. The van der Waals surface area contributed by atoms with Crippen LogP contribution in [0.1, 0.15) is 52.4 Å². The summed E-state index contributed by atoms with van der Waals surface area (Å²) in [6.45, 7) is 7.21. The first-order valence-electron chi connectivity index (χ1n) is 7.16. The fourth-order valence-electron chi connectivity index (χ4n) is 2.44. The normalized spacial score (nSPS) is 29.5. The molecule has 0 spiro atoms. The van der Waals surface area contributed by atoms with E-state index >= 15 is 0 Å². The topological polar surface area (TPSA) is 41.5 Å². The second kappa shape index (κ2) is 8.06. The highest BCUT2D eigenvalue weighted by atomic mass is 16.5. The van der Waals surface area contributed by atoms with Gasteiger partial charge in [0.2, 0.25) is 0 Å². The van der Waals surface area contributed by atoms with Gasteiger partial charge >= 0.3 is 0 Å².